The molecule has 1 rings (SSSR count). The average molecular weight is 241 g/mol. The van der Waals surface area contributed by atoms with Gasteiger partial charge in [0.15, 0.2) is 0 Å². The lowest BCUT2D eigenvalue weighted by Crippen LogP contribution is -2.12. The summed E-state index contributed by atoms with van der Waals surface area (Å²) in [4.78, 5) is 0. The first-order valence-corrected chi connectivity index (χ1v) is 5.82. The zero-order valence-electron chi connectivity index (χ0n) is 10.6. The summed E-state index contributed by atoms with van der Waals surface area (Å²) in [5, 5.41) is 0. The van der Waals surface area contributed by atoms with Gasteiger partial charge < -0.3 is 15.2 Å². The van der Waals surface area contributed by atoms with Gasteiger partial charge in [-0.25, -0.2) is 4.39 Å². The van der Waals surface area contributed by atoms with Gasteiger partial charge in [-0.1, -0.05) is 0 Å². The van der Waals surface area contributed by atoms with Crippen molar-refractivity contribution in [3.05, 3.63) is 29.1 Å². The third kappa shape index (κ3) is 3.98. The summed E-state index contributed by atoms with van der Waals surface area (Å²) in [6, 6.07) is 2.86. The third-order valence-corrected chi connectivity index (χ3v) is 2.47. The average Bonchev–Trinajstić information content (AvgIpc) is 2.28. The summed E-state index contributed by atoms with van der Waals surface area (Å²) in [6.45, 7) is 7.06. The molecule has 0 heterocycles. The van der Waals surface area contributed by atoms with Crippen LogP contribution in [0.25, 0.3) is 0 Å². The molecule has 0 fully saturated rings. The molecule has 0 aliphatic rings. The van der Waals surface area contributed by atoms with Crippen LogP contribution in [0.2, 0.25) is 0 Å². The highest BCUT2D eigenvalue weighted by Gasteiger charge is 2.11. The molecule has 1 aromatic rings. The summed E-state index contributed by atoms with van der Waals surface area (Å²) in [5.41, 5.74) is 7.03. The van der Waals surface area contributed by atoms with Crippen molar-refractivity contribution in [1.82, 2.24) is 0 Å². The van der Waals surface area contributed by atoms with Gasteiger partial charge in [0, 0.05) is 18.2 Å². The highest BCUT2D eigenvalue weighted by molar-refractivity contribution is 5.39. The zero-order chi connectivity index (χ0) is 12.8. The van der Waals surface area contributed by atoms with E-state index in [0.29, 0.717) is 36.7 Å². The lowest BCUT2D eigenvalue weighted by atomic mass is 10.1. The summed E-state index contributed by atoms with van der Waals surface area (Å²) in [7, 11) is 0. The molecule has 0 saturated heterocycles. The Hall–Kier alpha value is -1.13. The van der Waals surface area contributed by atoms with Gasteiger partial charge in [-0.05, 0) is 38.5 Å². The predicted octanol–water partition coefficient (Wildman–Crippen LogP) is 2.57. The highest BCUT2D eigenvalue weighted by Crippen LogP contribution is 2.27. The number of hydrogen-bond donors (Lipinski definition) is 1. The smallest absolute Gasteiger partial charge is 0.126 e. The molecular formula is C13H20FNO2. The van der Waals surface area contributed by atoms with Crippen molar-refractivity contribution in [2.75, 3.05) is 19.8 Å². The number of rotatable bonds is 6. The first-order chi connectivity index (χ1) is 8.06. The van der Waals surface area contributed by atoms with E-state index in [4.69, 9.17) is 15.2 Å². The van der Waals surface area contributed by atoms with Gasteiger partial charge in [0.2, 0.25) is 0 Å². The Kier molecular flexibility index (Phi) is 5.38. The molecule has 3 nitrogen and oxygen atoms in total. The Labute approximate surface area is 102 Å². The number of hydrogen-bond acceptors (Lipinski definition) is 3. The fourth-order valence-electron chi connectivity index (χ4n) is 1.51. The summed E-state index contributed by atoms with van der Waals surface area (Å²) >= 11 is 0. The van der Waals surface area contributed by atoms with Crippen molar-refractivity contribution >= 4 is 0 Å². The maximum atomic E-state index is 13.4. The largest absolute Gasteiger partial charge is 0.491 e. The maximum absolute atomic E-state index is 13.4. The number of benzene rings is 1. The second kappa shape index (κ2) is 6.57. The Morgan fingerprint density at radius 1 is 1.35 bits per heavy atom. The Morgan fingerprint density at radius 3 is 2.65 bits per heavy atom. The number of halogens is 1. The van der Waals surface area contributed by atoms with Crippen molar-refractivity contribution in [3.8, 4) is 5.75 Å². The summed E-state index contributed by atoms with van der Waals surface area (Å²) in [5.74, 6) is 0.382. The molecular weight excluding hydrogens is 221 g/mol. The van der Waals surface area contributed by atoms with Crippen LogP contribution in [0.5, 0.6) is 5.75 Å². The van der Waals surface area contributed by atoms with Crippen LogP contribution in [0.3, 0.4) is 0 Å². The minimum Gasteiger partial charge on any atom is -0.491 e. The SMILES string of the molecule is CCOCCOc1cc(C)c(F)cc1C(C)N. The van der Waals surface area contributed by atoms with Gasteiger partial charge in [0.1, 0.15) is 18.2 Å². The molecule has 96 valence electrons. The van der Waals surface area contributed by atoms with Gasteiger partial charge in [0.05, 0.1) is 6.61 Å². The van der Waals surface area contributed by atoms with Crippen LogP contribution in [0.15, 0.2) is 12.1 Å². The van der Waals surface area contributed by atoms with E-state index in [-0.39, 0.29) is 11.9 Å². The van der Waals surface area contributed by atoms with Crippen LogP contribution in [-0.4, -0.2) is 19.8 Å². The van der Waals surface area contributed by atoms with Crippen molar-refractivity contribution in [1.29, 1.82) is 0 Å². The summed E-state index contributed by atoms with van der Waals surface area (Å²) < 4.78 is 24.2. The van der Waals surface area contributed by atoms with E-state index < -0.39 is 0 Å². The fraction of sp³-hybridized carbons (Fsp3) is 0.538. The first kappa shape index (κ1) is 13.9. The Balaban J connectivity index is 2.78. The van der Waals surface area contributed by atoms with Crippen molar-refractivity contribution in [2.45, 2.75) is 26.8 Å². The zero-order valence-corrected chi connectivity index (χ0v) is 10.6. The lowest BCUT2D eigenvalue weighted by Gasteiger charge is -2.15. The number of aryl methyl sites for hydroxylation is 1. The van der Waals surface area contributed by atoms with Crippen LogP contribution in [0.4, 0.5) is 4.39 Å². The molecule has 1 aromatic carbocycles. The van der Waals surface area contributed by atoms with Gasteiger partial charge in [-0.3, -0.25) is 0 Å². The molecule has 1 unspecified atom stereocenters. The van der Waals surface area contributed by atoms with Crippen molar-refractivity contribution < 1.29 is 13.9 Å². The van der Waals surface area contributed by atoms with E-state index in [0.717, 1.165) is 0 Å². The van der Waals surface area contributed by atoms with E-state index >= 15 is 0 Å². The van der Waals surface area contributed by atoms with E-state index in [1.54, 1.807) is 19.9 Å². The van der Waals surface area contributed by atoms with E-state index in [2.05, 4.69) is 0 Å². The van der Waals surface area contributed by atoms with Crippen LogP contribution in [0.1, 0.15) is 31.0 Å². The molecule has 0 radical (unpaired) electrons. The molecule has 0 amide bonds. The van der Waals surface area contributed by atoms with Crippen molar-refractivity contribution in [2.24, 2.45) is 5.73 Å². The Bertz CT molecular complexity index is 367. The molecule has 4 heteroatoms. The van der Waals surface area contributed by atoms with Gasteiger partial charge >= 0.3 is 0 Å². The minimum absolute atomic E-state index is 0.255. The molecule has 0 bridgehead atoms. The molecule has 1 atom stereocenters. The van der Waals surface area contributed by atoms with E-state index in [9.17, 15) is 4.39 Å². The van der Waals surface area contributed by atoms with Crippen LogP contribution in [0, 0.1) is 12.7 Å². The van der Waals surface area contributed by atoms with E-state index in [1.807, 2.05) is 6.92 Å². The maximum Gasteiger partial charge on any atom is 0.126 e. The monoisotopic (exact) mass is 241 g/mol. The first-order valence-electron chi connectivity index (χ1n) is 5.82. The minimum atomic E-state index is -0.257. The van der Waals surface area contributed by atoms with Crippen LogP contribution < -0.4 is 10.5 Å². The summed E-state index contributed by atoms with van der Waals surface area (Å²) in [6.07, 6.45) is 0. The predicted molar refractivity (Wildman–Crippen MR) is 65.7 cm³/mol. The molecule has 0 spiro atoms. The van der Waals surface area contributed by atoms with E-state index in [1.165, 1.54) is 6.07 Å². The van der Waals surface area contributed by atoms with Gasteiger partial charge in [-0.2, -0.15) is 0 Å². The molecule has 0 aromatic heterocycles. The standard InChI is InChI=1S/C13H20FNO2/c1-4-16-5-6-17-13-7-9(2)12(14)8-11(13)10(3)15/h7-8,10H,4-6,15H2,1-3H3. The van der Waals surface area contributed by atoms with Crippen LogP contribution in [-0.2, 0) is 4.74 Å². The van der Waals surface area contributed by atoms with Gasteiger partial charge in [-0.15, -0.1) is 0 Å². The Morgan fingerprint density at radius 2 is 2.06 bits per heavy atom. The topological polar surface area (TPSA) is 44.5 Å². The second-order valence-electron chi connectivity index (χ2n) is 3.97. The molecule has 0 aliphatic carbocycles. The molecule has 17 heavy (non-hydrogen) atoms. The quantitative estimate of drug-likeness (QED) is 0.778. The number of nitrogens with two attached hydrogens (primary N) is 1. The lowest BCUT2D eigenvalue weighted by molar-refractivity contribution is 0.109. The third-order valence-electron chi connectivity index (χ3n) is 2.47. The molecule has 2 N–H and O–H groups in total. The number of ether oxygens (including phenoxy) is 2. The normalized spacial score (nSPS) is 12.5. The molecule has 0 saturated carbocycles. The van der Waals surface area contributed by atoms with Crippen molar-refractivity contribution in [3.63, 3.8) is 0 Å². The highest BCUT2D eigenvalue weighted by atomic mass is 19.1. The van der Waals surface area contributed by atoms with Gasteiger partial charge in [0.25, 0.3) is 0 Å². The van der Waals surface area contributed by atoms with Crippen LogP contribution >= 0.6 is 0 Å². The molecule has 0 aliphatic heterocycles. The second-order valence-corrected chi connectivity index (χ2v) is 3.97. The fourth-order valence-corrected chi connectivity index (χ4v) is 1.51.